The standard InChI is InChI=1S/C12H11BrN2/c13-12-6-11(8-15-9-12)4-3-10-2-1-5-14-7-10/h1-2,5-9H,3-4H2. The predicted molar refractivity (Wildman–Crippen MR) is 63.6 cm³/mol. The van der Waals surface area contributed by atoms with Gasteiger partial charge in [-0.1, -0.05) is 6.07 Å². The van der Waals surface area contributed by atoms with Gasteiger partial charge in [0.05, 0.1) is 0 Å². The van der Waals surface area contributed by atoms with Gasteiger partial charge in [-0.2, -0.15) is 0 Å². The fraction of sp³-hybridized carbons (Fsp3) is 0.167. The molecule has 15 heavy (non-hydrogen) atoms. The zero-order chi connectivity index (χ0) is 10.5. The Kier molecular flexibility index (Phi) is 3.45. The molecular formula is C12H11BrN2. The number of hydrogen-bond donors (Lipinski definition) is 0. The first kappa shape index (κ1) is 10.3. The van der Waals surface area contributed by atoms with E-state index >= 15 is 0 Å². The summed E-state index contributed by atoms with van der Waals surface area (Å²) in [4.78, 5) is 8.22. The maximum atomic E-state index is 4.13. The molecule has 2 aromatic rings. The molecular weight excluding hydrogens is 252 g/mol. The highest BCUT2D eigenvalue weighted by molar-refractivity contribution is 9.10. The molecule has 2 rings (SSSR count). The molecule has 0 aliphatic heterocycles. The third kappa shape index (κ3) is 3.13. The molecule has 0 unspecified atom stereocenters. The largest absolute Gasteiger partial charge is 0.264 e. The summed E-state index contributed by atoms with van der Waals surface area (Å²) in [6.07, 6.45) is 9.41. The molecule has 0 saturated carbocycles. The van der Waals surface area contributed by atoms with Crippen LogP contribution in [0.25, 0.3) is 0 Å². The van der Waals surface area contributed by atoms with Gasteiger partial charge >= 0.3 is 0 Å². The molecule has 3 heteroatoms. The van der Waals surface area contributed by atoms with Crippen molar-refractivity contribution < 1.29 is 0 Å². The summed E-state index contributed by atoms with van der Waals surface area (Å²) in [6, 6.07) is 6.16. The lowest BCUT2D eigenvalue weighted by molar-refractivity contribution is 0.939. The molecule has 0 bridgehead atoms. The Morgan fingerprint density at radius 1 is 1.00 bits per heavy atom. The van der Waals surface area contributed by atoms with Gasteiger partial charge in [0, 0.05) is 29.3 Å². The van der Waals surface area contributed by atoms with Crippen molar-refractivity contribution >= 4 is 15.9 Å². The fourth-order valence-corrected chi connectivity index (χ4v) is 1.84. The molecule has 0 atom stereocenters. The van der Waals surface area contributed by atoms with Crippen molar-refractivity contribution in [2.45, 2.75) is 12.8 Å². The molecule has 2 nitrogen and oxygen atoms in total. The number of aryl methyl sites for hydroxylation is 2. The predicted octanol–water partition coefficient (Wildman–Crippen LogP) is 3.02. The Balaban J connectivity index is 1.99. The number of aromatic nitrogens is 2. The normalized spacial score (nSPS) is 10.2. The zero-order valence-corrected chi connectivity index (χ0v) is 9.81. The quantitative estimate of drug-likeness (QED) is 0.850. The van der Waals surface area contributed by atoms with Crippen LogP contribution in [0.4, 0.5) is 0 Å². The lowest BCUT2D eigenvalue weighted by atomic mass is 10.1. The van der Waals surface area contributed by atoms with Gasteiger partial charge in [-0.3, -0.25) is 9.97 Å². The van der Waals surface area contributed by atoms with E-state index in [9.17, 15) is 0 Å². The van der Waals surface area contributed by atoms with Crippen LogP contribution >= 0.6 is 15.9 Å². The van der Waals surface area contributed by atoms with Crippen LogP contribution in [0.3, 0.4) is 0 Å². The highest BCUT2D eigenvalue weighted by atomic mass is 79.9. The lowest BCUT2D eigenvalue weighted by Crippen LogP contribution is -1.92. The smallest absolute Gasteiger partial charge is 0.0410 e. The van der Waals surface area contributed by atoms with E-state index in [2.05, 4.69) is 38.0 Å². The minimum Gasteiger partial charge on any atom is -0.264 e. The van der Waals surface area contributed by atoms with Crippen molar-refractivity contribution in [3.8, 4) is 0 Å². The maximum absolute atomic E-state index is 4.13. The molecule has 0 saturated heterocycles. The van der Waals surface area contributed by atoms with E-state index in [-0.39, 0.29) is 0 Å². The van der Waals surface area contributed by atoms with Crippen LogP contribution in [0.2, 0.25) is 0 Å². The summed E-state index contributed by atoms with van der Waals surface area (Å²) in [5, 5.41) is 0. The summed E-state index contributed by atoms with van der Waals surface area (Å²) in [7, 11) is 0. The Morgan fingerprint density at radius 2 is 1.80 bits per heavy atom. The highest BCUT2D eigenvalue weighted by Crippen LogP contribution is 2.11. The second-order valence-corrected chi connectivity index (χ2v) is 4.29. The average molecular weight is 263 g/mol. The highest BCUT2D eigenvalue weighted by Gasteiger charge is 1.96. The Hall–Kier alpha value is -1.22. The van der Waals surface area contributed by atoms with E-state index in [1.807, 2.05) is 18.5 Å². The second-order valence-electron chi connectivity index (χ2n) is 3.37. The van der Waals surface area contributed by atoms with E-state index in [0.717, 1.165) is 17.3 Å². The molecule has 0 aliphatic rings. The van der Waals surface area contributed by atoms with E-state index < -0.39 is 0 Å². The van der Waals surface area contributed by atoms with Crippen LogP contribution in [-0.4, -0.2) is 9.97 Å². The average Bonchev–Trinajstić information content (AvgIpc) is 2.28. The molecule has 2 heterocycles. The molecule has 0 aliphatic carbocycles. The van der Waals surface area contributed by atoms with Gasteiger partial charge in [0.2, 0.25) is 0 Å². The van der Waals surface area contributed by atoms with Gasteiger partial charge in [0.15, 0.2) is 0 Å². The van der Waals surface area contributed by atoms with E-state index in [1.165, 1.54) is 11.1 Å². The van der Waals surface area contributed by atoms with E-state index in [4.69, 9.17) is 0 Å². The number of rotatable bonds is 3. The minimum atomic E-state index is 0.998. The number of pyridine rings is 2. The molecule has 0 fully saturated rings. The van der Waals surface area contributed by atoms with Crippen LogP contribution in [0, 0.1) is 0 Å². The number of nitrogens with zero attached hydrogens (tertiary/aromatic N) is 2. The van der Waals surface area contributed by atoms with Crippen LogP contribution in [0.5, 0.6) is 0 Å². The van der Waals surface area contributed by atoms with Gasteiger partial charge in [-0.05, 0) is 52.0 Å². The molecule has 76 valence electrons. The summed E-state index contributed by atoms with van der Waals surface area (Å²) in [5.74, 6) is 0. The van der Waals surface area contributed by atoms with Gasteiger partial charge in [0.1, 0.15) is 0 Å². The summed E-state index contributed by atoms with van der Waals surface area (Å²) in [6.45, 7) is 0. The third-order valence-corrected chi connectivity index (χ3v) is 2.62. The van der Waals surface area contributed by atoms with Crippen LogP contribution in [0.15, 0.2) is 47.5 Å². The van der Waals surface area contributed by atoms with E-state index in [1.54, 1.807) is 12.4 Å². The Morgan fingerprint density at radius 3 is 2.53 bits per heavy atom. The number of halogens is 1. The van der Waals surface area contributed by atoms with Crippen molar-refractivity contribution in [2.24, 2.45) is 0 Å². The van der Waals surface area contributed by atoms with Crippen LogP contribution in [0.1, 0.15) is 11.1 Å². The molecule has 0 N–H and O–H groups in total. The molecule has 0 amide bonds. The van der Waals surface area contributed by atoms with Gasteiger partial charge in [0.25, 0.3) is 0 Å². The van der Waals surface area contributed by atoms with Crippen molar-refractivity contribution in [1.82, 2.24) is 9.97 Å². The third-order valence-electron chi connectivity index (χ3n) is 2.19. The summed E-state index contributed by atoms with van der Waals surface area (Å²) >= 11 is 3.41. The first-order valence-electron chi connectivity index (χ1n) is 4.83. The van der Waals surface area contributed by atoms with Gasteiger partial charge in [-0.15, -0.1) is 0 Å². The SMILES string of the molecule is Brc1cncc(CCc2cccnc2)c1. The summed E-state index contributed by atoms with van der Waals surface area (Å²) < 4.78 is 1.03. The Labute approximate surface area is 97.5 Å². The first-order valence-corrected chi connectivity index (χ1v) is 5.62. The van der Waals surface area contributed by atoms with Crippen molar-refractivity contribution in [3.63, 3.8) is 0 Å². The minimum absolute atomic E-state index is 0.998. The Bertz CT molecular complexity index is 429. The van der Waals surface area contributed by atoms with Gasteiger partial charge < -0.3 is 0 Å². The fourth-order valence-electron chi connectivity index (χ4n) is 1.43. The molecule has 2 aromatic heterocycles. The van der Waals surface area contributed by atoms with Crippen LogP contribution in [-0.2, 0) is 12.8 Å². The van der Waals surface area contributed by atoms with E-state index in [0.29, 0.717) is 0 Å². The lowest BCUT2D eigenvalue weighted by Gasteiger charge is -2.01. The van der Waals surface area contributed by atoms with Crippen LogP contribution < -0.4 is 0 Å². The first-order chi connectivity index (χ1) is 7.34. The number of hydrogen-bond acceptors (Lipinski definition) is 2. The summed E-state index contributed by atoms with van der Waals surface area (Å²) in [5.41, 5.74) is 2.51. The van der Waals surface area contributed by atoms with Crippen molar-refractivity contribution in [1.29, 1.82) is 0 Å². The van der Waals surface area contributed by atoms with Crippen molar-refractivity contribution in [2.75, 3.05) is 0 Å². The molecule has 0 spiro atoms. The van der Waals surface area contributed by atoms with Crippen molar-refractivity contribution in [3.05, 3.63) is 58.6 Å². The molecule has 0 radical (unpaired) electrons. The topological polar surface area (TPSA) is 25.8 Å². The zero-order valence-electron chi connectivity index (χ0n) is 8.23. The molecule has 0 aromatic carbocycles. The monoisotopic (exact) mass is 262 g/mol. The second kappa shape index (κ2) is 5.03. The van der Waals surface area contributed by atoms with Gasteiger partial charge in [-0.25, -0.2) is 0 Å². The maximum Gasteiger partial charge on any atom is 0.0410 e.